The number of carbonyl (C=O) groups is 1. The van der Waals surface area contributed by atoms with Gasteiger partial charge < -0.3 is 22.1 Å². The topological polar surface area (TPSA) is 119 Å². The molecule has 160 valence electrons. The second kappa shape index (κ2) is 9.09. The van der Waals surface area contributed by atoms with Crippen LogP contribution >= 0.6 is 0 Å². The lowest BCUT2D eigenvalue weighted by Crippen LogP contribution is -2.43. The van der Waals surface area contributed by atoms with Crippen molar-refractivity contribution in [3.63, 3.8) is 0 Å². The predicted molar refractivity (Wildman–Crippen MR) is 120 cm³/mol. The van der Waals surface area contributed by atoms with Crippen LogP contribution < -0.4 is 22.1 Å². The highest BCUT2D eigenvalue weighted by molar-refractivity contribution is 5.99. The monoisotopic (exact) mass is 420 g/mol. The van der Waals surface area contributed by atoms with Crippen molar-refractivity contribution < 1.29 is 9.18 Å². The van der Waals surface area contributed by atoms with E-state index in [9.17, 15) is 9.18 Å². The largest absolute Gasteiger partial charge is 0.365 e. The molecule has 2 heterocycles. The summed E-state index contributed by atoms with van der Waals surface area (Å²) in [5.41, 5.74) is 14.1. The van der Waals surface area contributed by atoms with Gasteiger partial charge in [-0.25, -0.2) is 9.37 Å². The molecule has 0 spiro atoms. The molecule has 2 aromatic heterocycles. The van der Waals surface area contributed by atoms with Crippen LogP contribution in [0.25, 0.3) is 11.1 Å². The van der Waals surface area contributed by atoms with Crippen molar-refractivity contribution in [2.45, 2.75) is 37.8 Å². The van der Waals surface area contributed by atoms with Crippen LogP contribution in [-0.2, 0) is 0 Å². The van der Waals surface area contributed by atoms with Crippen molar-refractivity contribution in [1.29, 1.82) is 0 Å². The highest BCUT2D eigenvalue weighted by Crippen LogP contribution is 2.31. The number of rotatable bonds is 6. The molecule has 1 aliphatic carbocycles. The number of pyridine rings is 2. The van der Waals surface area contributed by atoms with E-state index in [0.29, 0.717) is 5.69 Å². The Morgan fingerprint density at radius 1 is 1.10 bits per heavy atom. The maximum absolute atomic E-state index is 14.7. The normalized spacial score (nSPS) is 18.4. The van der Waals surface area contributed by atoms with E-state index in [1.165, 1.54) is 0 Å². The van der Waals surface area contributed by atoms with Gasteiger partial charge in [-0.15, -0.1) is 0 Å². The van der Waals surface area contributed by atoms with E-state index in [4.69, 9.17) is 11.5 Å². The van der Waals surface area contributed by atoms with Gasteiger partial charge in [-0.2, -0.15) is 0 Å². The number of amides is 1. The number of nitrogens with zero attached hydrogens (tertiary/aromatic N) is 2. The molecule has 7 nitrogen and oxygen atoms in total. The van der Waals surface area contributed by atoms with Crippen molar-refractivity contribution in [3.8, 4) is 11.1 Å². The average Bonchev–Trinajstić information content (AvgIpc) is 2.78. The second-order valence-electron chi connectivity index (χ2n) is 7.69. The first kappa shape index (κ1) is 20.7. The fourth-order valence-electron chi connectivity index (χ4n) is 3.88. The Kier molecular flexibility index (Phi) is 6.08. The lowest BCUT2D eigenvalue weighted by Gasteiger charge is -2.30. The minimum atomic E-state index is -0.778. The highest BCUT2D eigenvalue weighted by atomic mass is 19.1. The highest BCUT2D eigenvalue weighted by Gasteiger charge is 2.24. The molecule has 6 N–H and O–H groups in total. The SMILES string of the molecule is NC(=O)c1cc(F)c(NC2CCCCC2N)nc1Nc1cnccc1-c1ccccc1. The molecule has 4 rings (SSSR count). The van der Waals surface area contributed by atoms with E-state index in [1.54, 1.807) is 12.4 Å². The molecule has 2 atom stereocenters. The number of carbonyl (C=O) groups excluding carboxylic acids is 1. The third-order valence-corrected chi connectivity index (χ3v) is 5.54. The summed E-state index contributed by atoms with van der Waals surface area (Å²) in [6, 6.07) is 12.5. The van der Waals surface area contributed by atoms with E-state index >= 15 is 0 Å². The number of aromatic nitrogens is 2. The lowest BCUT2D eigenvalue weighted by molar-refractivity contribution is 0.100. The molecular weight excluding hydrogens is 395 g/mol. The maximum Gasteiger partial charge on any atom is 0.252 e. The van der Waals surface area contributed by atoms with E-state index in [0.717, 1.165) is 42.9 Å². The fraction of sp³-hybridized carbons (Fsp3) is 0.261. The van der Waals surface area contributed by atoms with Crippen LogP contribution in [0.5, 0.6) is 0 Å². The first-order valence-electron chi connectivity index (χ1n) is 10.3. The lowest BCUT2D eigenvalue weighted by atomic mass is 9.91. The first-order chi connectivity index (χ1) is 15.0. The van der Waals surface area contributed by atoms with Crippen LogP contribution in [-0.4, -0.2) is 28.0 Å². The molecule has 1 aromatic carbocycles. The van der Waals surface area contributed by atoms with E-state index in [2.05, 4.69) is 20.6 Å². The smallest absolute Gasteiger partial charge is 0.252 e. The third-order valence-electron chi connectivity index (χ3n) is 5.54. The maximum atomic E-state index is 14.7. The molecular formula is C23H25FN6O. The summed E-state index contributed by atoms with van der Waals surface area (Å²) >= 11 is 0. The Hall–Kier alpha value is -3.52. The minimum absolute atomic E-state index is 0.0417. The molecule has 8 heteroatoms. The van der Waals surface area contributed by atoms with Gasteiger partial charge in [0.1, 0.15) is 5.82 Å². The summed E-state index contributed by atoms with van der Waals surface area (Å²) in [4.78, 5) is 20.5. The van der Waals surface area contributed by atoms with Crippen LogP contribution in [0.15, 0.2) is 54.9 Å². The van der Waals surface area contributed by atoms with Gasteiger partial charge in [-0.3, -0.25) is 9.78 Å². The predicted octanol–water partition coefficient (Wildman–Crippen LogP) is 3.81. The zero-order chi connectivity index (χ0) is 21.8. The summed E-state index contributed by atoms with van der Waals surface area (Å²) < 4.78 is 14.7. The molecule has 1 amide bonds. The average molecular weight is 420 g/mol. The Bertz CT molecular complexity index is 1070. The molecule has 0 radical (unpaired) electrons. The van der Waals surface area contributed by atoms with Crippen LogP contribution in [0.3, 0.4) is 0 Å². The number of nitrogens with two attached hydrogens (primary N) is 2. The number of hydrogen-bond acceptors (Lipinski definition) is 6. The van der Waals surface area contributed by atoms with Crippen molar-refractivity contribution in [2.24, 2.45) is 11.5 Å². The van der Waals surface area contributed by atoms with Crippen molar-refractivity contribution in [1.82, 2.24) is 9.97 Å². The number of hydrogen-bond donors (Lipinski definition) is 4. The summed E-state index contributed by atoms with van der Waals surface area (Å²) in [6.45, 7) is 0. The zero-order valence-corrected chi connectivity index (χ0v) is 17.0. The van der Waals surface area contributed by atoms with E-state index in [-0.39, 0.29) is 29.3 Å². The Morgan fingerprint density at radius 3 is 2.61 bits per heavy atom. The Balaban J connectivity index is 1.70. The molecule has 3 aromatic rings. The van der Waals surface area contributed by atoms with E-state index in [1.807, 2.05) is 36.4 Å². The van der Waals surface area contributed by atoms with Gasteiger partial charge in [-0.05, 0) is 30.5 Å². The second-order valence-corrected chi connectivity index (χ2v) is 7.69. The van der Waals surface area contributed by atoms with Gasteiger partial charge in [0.05, 0.1) is 17.4 Å². The number of primary amides is 1. The van der Waals surface area contributed by atoms with Gasteiger partial charge in [0.2, 0.25) is 0 Å². The fourth-order valence-corrected chi connectivity index (χ4v) is 3.88. The first-order valence-corrected chi connectivity index (χ1v) is 10.3. The van der Waals surface area contributed by atoms with Crippen molar-refractivity contribution in [3.05, 3.63) is 66.2 Å². The zero-order valence-electron chi connectivity index (χ0n) is 17.0. The molecule has 0 aliphatic heterocycles. The summed E-state index contributed by atoms with van der Waals surface area (Å²) in [5, 5.41) is 6.24. The summed E-state index contributed by atoms with van der Waals surface area (Å²) in [5.74, 6) is -1.22. The summed E-state index contributed by atoms with van der Waals surface area (Å²) in [7, 11) is 0. The molecule has 31 heavy (non-hydrogen) atoms. The summed E-state index contributed by atoms with van der Waals surface area (Å²) in [6.07, 6.45) is 7.10. The van der Waals surface area contributed by atoms with Gasteiger partial charge in [0, 0.05) is 23.8 Å². The molecule has 0 bridgehead atoms. The standard InChI is InChI=1S/C23H25FN6O/c24-17-12-16(21(26)31)22(30-23(17)28-19-9-5-4-8-18(19)25)29-20-13-27-11-10-15(20)14-6-2-1-3-7-14/h1-3,6-7,10-13,18-19H,4-5,8-9,25H2,(H2,26,31)(H2,28,29,30). The molecule has 0 saturated heterocycles. The van der Waals surface area contributed by atoms with Crippen LogP contribution in [0.2, 0.25) is 0 Å². The quantitative estimate of drug-likeness (QED) is 0.482. The van der Waals surface area contributed by atoms with Gasteiger partial charge in [0.15, 0.2) is 11.6 Å². The van der Waals surface area contributed by atoms with Crippen molar-refractivity contribution in [2.75, 3.05) is 10.6 Å². The van der Waals surface area contributed by atoms with Gasteiger partial charge in [0.25, 0.3) is 5.91 Å². The number of anilines is 3. The molecule has 2 unspecified atom stereocenters. The Labute approximate surface area is 180 Å². The minimum Gasteiger partial charge on any atom is -0.365 e. The molecule has 1 saturated carbocycles. The van der Waals surface area contributed by atoms with Crippen LogP contribution in [0.4, 0.5) is 21.7 Å². The number of halogens is 1. The van der Waals surface area contributed by atoms with Gasteiger partial charge >= 0.3 is 0 Å². The number of benzene rings is 1. The van der Waals surface area contributed by atoms with Crippen molar-refractivity contribution >= 4 is 23.2 Å². The van der Waals surface area contributed by atoms with Crippen LogP contribution in [0.1, 0.15) is 36.0 Å². The van der Waals surface area contributed by atoms with Crippen LogP contribution in [0, 0.1) is 5.82 Å². The molecule has 1 fully saturated rings. The van der Waals surface area contributed by atoms with Gasteiger partial charge in [-0.1, -0.05) is 43.2 Å². The Morgan fingerprint density at radius 2 is 1.87 bits per heavy atom. The third kappa shape index (κ3) is 4.64. The van der Waals surface area contributed by atoms with E-state index < -0.39 is 11.7 Å². The molecule has 1 aliphatic rings. The number of nitrogens with one attached hydrogen (secondary N) is 2.